The van der Waals surface area contributed by atoms with Gasteiger partial charge in [0.25, 0.3) is 0 Å². The van der Waals surface area contributed by atoms with Crippen molar-refractivity contribution in [2.75, 3.05) is 0 Å². The zero-order chi connectivity index (χ0) is 40.1. The molecule has 0 saturated heterocycles. The minimum absolute atomic E-state index is 0. The van der Waals surface area contributed by atoms with E-state index in [2.05, 4.69) is 143 Å². The van der Waals surface area contributed by atoms with E-state index in [4.69, 9.17) is 0 Å². The molecule has 4 aromatic rings. The van der Waals surface area contributed by atoms with Gasteiger partial charge in [-0.15, -0.1) is 24.8 Å². The van der Waals surface area contributed by atoms with Gasteiger partial charge in [-0.25, -0.2) is 0 Å². The smallest absolute Gasteiger partial charge is 0.147 e. The Hall–Kier alpha value is -1.96. The van der Waals surface area contributed by atoms with Gasteiger partial charge in [-0.2, -0.15) is 0 Å². The molecule has 4 aromatic carbocycles. The van der Waals surface area contributed by atoms with Crippen molar-refractivity contribution in [1.29, 1.82) is 0 Å². The number of rotatable bonds is 12. The summed E-state index contributed by atoms with van der Waals surface area (Å²) in [6.45, 7) is 14.5. The van der Waals surface area contributed by atoms with E-state index >= 15 is 0 Å². The molecule has 4 saturated carbocycles. The van der Waals surface area contributed by atoms with Gasteiger partial charge in [0.2, 0.25) is 0 Å². The number of fused-ring (bicyclic) bond motifs is 6. The van der Waals surface area contributed by atoms with Crippen molar-refractivity contribution >= 4 is 43.8 Å². The number of hydrogen-bond donors (Lipinski definition) is 0. The zero-order valence-electron chi connectivity index (χ0n) is 37.6. The van der Waals surface area contributed by atoms with E-state index in [0.717, 1.165) is 11.8 Å². The summed E-state index contributed by atoms with van der Waals surface area (Å²) in [6, 6.07) is 34.4. The van der Waals surface area contributed by atoms with Gasteiger partial charge in [-0.05, 0) is 0 Å². The van der Waals surface area contributed by atoms with Crippen molar-refractivity contribution in [2.24, 2.45) is 22.7 Å². The zero-order valence-corrected chi connectivity index (χ0v) is 43.1. The summed E-state index contributed by atoms with van der Waals surface area (Å²) in [6.07, 6.45) is 24.3. The molecule has 0 radical (unpaired) electrons. The Bertz CT molecular complexity index is 2210. The number of allylic oxidation sites excluding steroid dienone is 2. The molecule has 0 N–H and O–H groups in total. The van der Waals surface area contributed by atoms with Crippen molar-refractivity contribution in [1.82, 2.24) is 0 Å². The van der Waals surface area contributed by atoms with Crippen molar-refractivity contribution in [3.8, 4) is 22.3 Å². The van der Waals surface area contributed by atoms with E-state index in [0.29, 0.717) is 29.9 Å². The van der Waals surface area contributed by atoms with E-state index < -0.39 is 17.4 Å². The van der Waals surface area contributed by atoms with Crippen LogP contribution in [0, 0.1) is 22.7 Å². The maximum Gasteiger partial charge on any atom is -0.147 e. The fraction of sp³-hybridized carbons (Fsp3) is 0.500. The Labute approximate surface area is 378 Å². The summed E-state index contributed by atoms with van der Waals surface area (Å²) in [5.74, 6) is 3.05. The maximum absolute atomic E-state index is 4.00. The standard InChI is InChI=1S/2C26H29.C3H7.CH3.2ClH.H2Si.Zr/c2*1-18(2)21-6-8-22(9-7-21)24-5-3-4-23-14-20(15-25(23)24)17-26-12-10-19(16-26)11-13-26;1-3-2;;;;;/h2*3-9,14-15,18-19H,10-13,16-17H2,1-2H3;1,3H2,2H3;1H3;2*1H;1H2;. The van der Waals surface area contributed by atoms with Gasteiger partial charge >= 0.3 is 357 Å². The molecule has 4 fully saturated rings. The molecule has 0 heterocycles. The molecule has 0 amide bonds. The summed E-state index contributed by atoms with van der Waals surface area (Å²) in [7, 11) is 0. The molecule has 0 aromatic heterocycles. The second-order valence-corrected chi connectivity index (χ2v) is 50.8. The van der Waals surface area contributed by atoms with Crippen molar-refractivity contribution in [3.05, 3.63) is 129 Å². The molecule has 10 rings (SSSR count). The molecule has 0 aliphatic heterocycles. The average molecular weight is 935 g/mol. The number of hydrogen-bond acceptors (Lipinski definition) is 0. The van der Waals surface area contributed by atoms with Crippen molar-refractivity contribution in [3.63, 3.8) is 0 Å². The van der Waals surface area contributed by atoms with E-state index in [1.54, 1.807) is 22.3 Å². The second kappa shape index (κ2) is 16.5. The molecular formula is C56H72Cl2SiZr. The predicted octanol–water partition coefficient (Wildman–Crippen LogP) is 16.7. The van der Waals surface area contributed by atoms with Crippen LogP contribution in [0.3, 0.4) is 0 Å². The van der Waals surface area contributed by atoms with Crippen molar-refractivity contribution < 1.29 is 17.4 Å². The van der Waals surface area contributed by atoms with Crippen LogP contribution in [0.15, 0.2) is 96.1 Å². The summed E-state index contributed by atoms with van der Waals surface area (Å²) in [5.41, 5.74) is 19.9. The Kier molecular flexibility index (Phi) is 12.3. The summed E-state index contributed by atoms with van der Waals surface area (Å²) in [4.78, 5) is 0. The Morgan fingerprint density at radius 3 is 1.28 bits per heavy atom. The third-order valence-corrected chi connectivity index (χ3v) is 41.2. The van der Waals surface area contributed by atoms with Crippen LogP contribution in [0.5, 0.6) is 0 Å². The van der Waals surface area contributed by atoms with Crippen molar-refractivity contribution in [2.45, 2.75) is 146 Å². The first-order chi connectivity index (χ1) is 27.9. The largest absolute Gasteiger partial charge is 0.147 e. The van der Waals surface area contributed by atoms with E-state index in [9.17, 15) is 0 Å². The fourth-order valence-corrected chi connectivity index (χ4v) is 40.8. The van der Waals surface area contributed by atoms with E-state index in [1.807, 2.05) is 11.1 Å². The van der Waals surface area contributed by atoms with Gasteiger partial charge in [0.1, 0.15) is 0 Å². The van der Waals surface area contributed by atoms with Gasteiger partial charge in [0, 0.05) is 0 Å². The number of benzene rings is 4. The summed E-state index contributed by atoms with van der Waals surface area (Å²) in [5, 5.41) is 0. The fourth-order valence-electron chi connectivity index (χ4n) is 15.0. The minimum Gasteiger partial charge on any atom is -0.147 e. The average Bonchev–Trinajstić information content (AvgIpc) is 4.08. The van der Waals surface area contributed by atoms with Crippen LogP contribution in [0.4, 0.5) is 0 Å². The van der Waals surface area contributed by atoms with Crippen LogP contribution in [-0.2, 0) is 17.4 Å². The molecule has 0 spiro atoms. The van der Waals surface area contributed by atoms with Crippen LogP contribution in [0.2, 0.25) is 8.76 Å². The normalized spacial score (nSPS) is 27.5. The molecule has 2 atom stereocenters. The van der Waals surface area contributed by atoms with Gasteiger partial charge < -0.3 is 0 Å². The van der Waals surface area contributed by atoms with Crippen LogP contribution in [0.1, 0.15) is 171 Å². The number of halogens is 2. The van der Waals surface area contributed by atoms with Gasteiger partial charge in [-0.1, -0.05) is 0 Å². The minimum atomic E-state index is -4.00. The maximum atomic E-state index is 3.02. The molecule has 6 aliphatic carbocycles. The molecule has 4 heteroatoms. The molecule has 0 nitrogen and oxygen atoms in total. The second-order valence-electron chi connectivity index (χ2n) is 22.4. The van der Waals surface area contributed by atoms with Crippen LogP contribution >= 0.6 is 24.8 Å². The molecule has 4 bridgehead atoms. The van der Waals surface area contributed by atoms with Crippen LogP contribution in [-0.4, -0.2) is 6.88 Å². The van der Waals surface area contributed by atoms with Gasteiger partial charge in [0.15, 0.2) is 0 Å². The molecular weight excluding hydrogens is 863 g/mol. The Balaban J connectivity index is 0.00000249. The topological polar surface area (TPSA) is 0 Å². The Morgan fingerprint density at radius 1 is 0.583 bits per heavy atom. The van der Waals surface area contributed by atoms with Gasteiger partial charge in [0.05, 0.1) is 0 Å². The van der Waals surface area contributed by atoms with E-state index in [1.165, 1.54) is 121 Å². The van der Waals surface area contributed by atoms with Gasteiger partial charge in [-0.3, -0.25) is 0 Å². The quantitative estimate of drug-likeness (QED) is 0.124. The predicted molar refractivity (Wildman–Crippen MR) is 265 cm³/mol. The summed E-state index contributed by atoms with van der Waals surface area (Å²) < 4.78 is 5.62. The van der Waals surface area contributed by atoms with E-state index in [-0.39, 0.29) is 24.8 Å². The third-order valence-electron chi connectivity index (χ3n) is 17.7. The first-order valence-corrected chi connectivity index (χ1v) is 36.8. The molecule has 318 valence electrons. The first-order valence-electron chi connectivity index (χ1n) is 23.8. The summed E-state index contributed by atoms with van der Waals surface area (Å²) >= 11 is -4.00. The SMILES string of the molecule is CC[CH2][Zr]([CH3])(=[SiH2])([CH]1C(CC23CCC(CC2)C3)=Cc2c(-c3ccc(C(C)C)cc3)cccc21)[CH]1C(CC23CCC(CC2)C3)=Cc2c(-c3ccc(C(C)C)cc3)cccc21.Cl.Cl. The Morgan fingerprint density at radius 2 is 0.967 bits per heavy atom. The molecule has 60 heavy (non-hydrogen) atoms. The van der Waals surface area contributed by atoms with Crippen LogP contribution in [0.25, 0.3) is 34.4 Å². The monoisotopic (exact) mass is 932 g/mol. The third kappa shape index (κ3) is 7.44. The van der Waals surface area contributed by atoms with Crippen LogP contribution < -0.4 is 0 Å². The molecule has 6 aliphatic rings. The first kappa shape index (κ1) is 44.6. The molecule has 2 unspecified atom stereocenters.